The molecule has 16 heavy (non-hydrogen) atoms. The predicted molar refractivity (Wildman–Crippen MR) is 65.2 cm³/mol. The molecule has 0 amide bonds. The molecule has 0 bridgehead atoms. The molecule has 1 aromatic rings. The van der Waals surface area contributed by atoms with Crippen LogP contribution in [0, 0.1) is 0 Å². The molecule has 0 saturated heterocycles. The zero-order valence-corrected chi connectivity index (χ0v) is 9.52. The van der Waals surface area contributed by atoms with Crippen LogP contribution >= 0.6 is 0 Å². The Morgan fingerprint density at radius 3 is 3.12 bits per heavy atom. The predicted octanol–water partition coefficient (Wildman–Crippen LogP) is 2.77. The van der Waals surface area contributed by atoms with Crippen LogP contribution in [0.5, 0.6) is 0 Å². The maximum absolute atomic E-state index is 4.53. The van der Waals surface area contributed by atoms with Gasteiger partial charge in [0.2, 0.25) is 0 Å². The summed E-state index contributed by atoms with van der Waals surface area (Å²) in [4.78, 5) is 4.53. The minimum absolute atomic E-state index is 0.493. The van der Waals surface area contributed by atoms with Gasteiger partial charge in [0.05, 0.1) is 11.7 Å². The summed E-state index contributed by atoms with van der Waals surface area (Å²) < 4.78 is 0. The van der Waals surface area contributed by atoms with Gasteiger partial charge < -0.3 is 5.32 Å². The highest BCUT2D eigenvalue weighted by atomic mass is 15.0. The lowest BCUT2D eigenvalue weighted by Crippen LogP contribution is -2.32. The molecule has 1 aromatic heterocycles. The second kappa shape index (κ2) is 4.38. The van der Waals surface area contributed by atoms with Crippen LogP contribution in [0.25, 0.3) is 0 Å². The standard InChI is InChI=1S/C14H18N2/c1-2-6-12(7-3-1)16-13-9-8-11-5-4-10-15-14(11)13/h1-2,4-5,10,12-13,16H,3,6-9H2. The summed E-state index contributed by atoms with van der Waals surface area (Å²) in [6, 6.07) is 5.41. The average molecular weight is 214 g/mol. The van der Waals surface area contributed by atoms with Crippen molar-refractivity contribution in [2.45, 2.75) is 44.2 Å². The van der Waals surface area contributed by atoms with Crippen molar-refractivity contribution >= 4 is 0 Å². The van der Waals surface area contributed by atoms with Gasteiger partial charge in [-0.2, -0.15) is 0 Å². The monoisotopic (exact) mass is 214 g/mol. The summed E-state index contributed by atoms with van der Waals surface area (Å²) in [5, 5.41) is 3.76. The van der Waals surface area contributed by atoms with Crippen LogP contribution < -0.4 is 5.32 Å². The van der Waals surface area contributed by atoms with E-state index in [0.29, 0.717) is 12.1 Å². The van der Waals surface area contributed by atoms with Crippen LogP contribution in [0.1, 0.15) is 43.0 Å². The Morgan fingerprint density at radius 2 is 2.25 bits per heavy atom. The molecule has 0 aliphatic heterocycles. The molecule has 0 spiro atoms. The molecule has 2 nitrogen and oxygen atoms in total. The minimum Gasteiger partial charge on any atom is -0.305 e. The van der Waals surface area contributed by atoms with Gasteiger partial charge in [0.1, 0.15) is 0 Å². The number of hydrogen-bond donors (Lipinski definition) is 1. The molecule has 3 rings (SSSR count). The van der Waals surface area contributed by atoms with Crippen molar-refractivity contribution in [1.82, 2.24) is 10.3 Å². The lowest BCUT2D eigenvalue weighted by molar-refractivity contribution is 0.403. The number of allylic oxidation sites excluding steroid dienone is 1. The number of hydrogen-bond acceptors (Lipinski definition) is 2. The Bertz CT molecular complexity index is 397. The van der Waals surface area contributed by atoms with E-state index in [1.807, 2.05) is 12.3 Å². The van der Waals surface area contributed by atoms with Crippen molar-refractivity contribution in [3.63, 3.8) is 0 Å². The van der Waals surface area contributed by atoms with E-state index in [1.165, 1.54) is 43.4 Å². The molecule has 2 aliphatic carbocycles. The van der Waals surface area contributed by atoms with Crippen molar-refractivity contribution in [2.24, 2.45) is 0 Å². The highest BCUT2D eigenvalue weighted by Crippen LogP contribution is 2.30. The first-order valence-electron chi connectivity index (χ1n) is 6.28. The lowest BCUT2D eigenvalue weighted by Gasteiger charge is -2.23. The summed E-state index contributed by atoms with van der Waals surface area (Å²) in [6.07, 6.45) is 12.6. The number of pyridine rings is 1. The Balaban J connectivity index is 1.71. The van der Waals surface area contributed by atoms with Gasteiger partial charge in [0, 0.05) is 12.2 Å². The normalized spacial score (nSPS) is 28.0. The van der Waals surface area contributed by atoms with Crippen LogP contribution in [0.2, 0.25) is 0 Å². The fraction of sp³-hybridized carbons (Fsp3) is 0.500. The average Bonchev–Trinajstić information content (AvgIpc) is 2.74. The Hall–Kier alpha value is -1.15. The minimum atomic E-state index is 0.493. The van der Waals surface area contributed by atoms with E-state index >= 15 is 0 Å². The number of nitrogens with zero attached hydrogens (tertiary/aromatic N) is 1. The fourth-order valence-corrected chi connectivity index (χ4v) is 2.80. The van der Waals surface area contributed by atoms with E-state index in [-0.39, 0.29) is 0 Å². The van der Waals surface area contributed by atoms with Crippen LogP contribution in [0.3, 0.4) is 0 Å². The third kappa shape index (κ3) is 1.90. The van der Waals surface area contributed by atoms with Crippen molar-refractivity contribution < 1.29 is 0 Å². The van der Waals surface area contributed by atoms with Crippen LogP contribution in [0.15, 0.2) is 30.5 Å². The van der Waals surface area contributed by atoms with Crippen molar-refractivity contribution in [2.75, 3.05) is 0 Å². The van der Waals surface area contributed by atoms with E-state index in [9.17, 15) is 0 Å². The maximum atomic E-state index is 4.53. The molecule has 1 heterocycles. The first-order valence-corrected chi connectivity index (χ1v) is 6.28. The maximum Gasteiger partial charge on any atom is 0.0605 e. The number of rotatable bonds is 2. The Labute approximate surface area is 96.8 Å². The first-order chi connectivity index (χ1) is 7.93. The molecule has 0 radical (unpaired) electrons. The van der Waals surface area contributed by atoms with E-state index in [0.717, 1.165) is 0 Å². The highest BCUT2D eigenvalue weighted by molar-refractivity contribution is 5.28. The zero-order valence-electron chi connectivity index (χ0n) is 9.52. The second-order valence-electron chi connectivity index (χ2n) is 4.79. The van der Waals surface area contributed by atoms with Gasteiger partial charge in [0.15, 0.2) is 0 Å². The van der Waals surface area contributed by atoms with Crippen LogP contribution in [-0.2, 0) is 6.42 Å². The van der Waals surface area contributed by atoms with Crippen molar-refractivity contribution in [3.05, 3.63) is 41.7 Å². The van der Waals surface area contributed by atoms with E-state index in [4.69, 9.17) is 0 Å². The second-order valence-corrected chi connectivity index (χ2v) is 4.79. The molecular formula is C14H18N2. The number of aromatic nitrogens is 1. The number of fused-ring (bicyclic) bond motifs is 1. The van der Waals surface area contributed by atoms with E-state index in [1.54, 1.807) is 0 Å². The zero-order chi connectivity index (χ0) is 10.8. The van der Waals surface area contributed by atoms with Gasteiger partial charge in [-0.1, -0.05) is 18.2 Å². The lowest BCUT2D eigenvalue weighted by atomic mass is 10.0. The summed E-state index contributed by atoms with van der Waals surface area (Å²) in [5.74, 6) is 0. The topological polar surface area (TPSA) is 24.9 Å². The quantitative estimate of drug-likeness (QED) is 0.766. The fourth-order valence-electron chi connectivity index (χ4n) is 2.80. The van der Waals surface area contributed by atoms with Crippen LogP contribution in [-0.4, -0.2) is 11.0 Å². The van der Waals surface area contributed by atoms with E-state index in [2.05, 4.69) is 28.5 Å². The number of nitrogens with one attached hydrogen (secondary N) is 1. The van der Waals surface area contributed by atoms with Crippen molar-refractivity contribution in [3.8, 4) is 0 Å². The van der Waals surface area contributed by atoms with Crippen LogP contribution in [0.4, 0.5) is 0 Å². The Kier molecular flexibility index (Phi) is 2.75. The molecule has 2 unspecified atom stereocenters. The summed E-state index contributed by atoms with van der Waals surface area (Å²) in [5.41, 5.74) is 2.73. The smallest absolute Gasteiger partial charge is 0.0605 e. The van der Waals surface area contributed by atoms with Gasteiger partial charge >= 0.3 is 0 Å². The molecule has 0 fully saturated rings. The van der Waals surface area contributed by atoms with Crippen molar-refractivity contribution in [1.29, 1.82) is 0 Å². The summed E-state index contributed by atoms with van der Waals surface area (Å²) in [6.45, 7) is 0. The number of aryl methyl sites for hydroxylation is 1. The molecule has 2 atom stereocenters. The third-order valence-electron chi connectivity index (χ3n) is 3.66. The van der Waals surface area contributed by atoms with Gasteiger partial charge in [-0.25, -0.2) is 0 Å². The van der Waals surface area contributed by atoms with Gasteiger partial charge in [0.25, 0.3) is 0 Å². The third-order valence-corrected chi connectivity index (χ3v) is 3.66. The van der Waals surface area contributed by atoms with Gasteiger partial charge in [-0.3, -0.25) is 4.98 Å². The molecule has 2 aliphatic rings. The molecular weight excluding hydrogens is 196 g/mol. The molecule has 2 heteroatoms. The summed E-state index contributed by atoms with van der Waals surface area (Å²) in [7, 11) is 0. The molecule has 0 saturated carbocycles. The highest BCUT2D eigenvalue weighted by Gasteiger charge is 2.25. The van der Waals surface area contributed by atoms with Gasteiger partial charge in [-0.15, -0.1) is 0 Å². The molecule has 84 valence electrons. The van der Waals surface area contributed by atoms with Gasteiger partial charge in [-0.05, 0) is 43.7 Å². The first kappa shape index (κ1) is 10.0. The molecule has 1 N–H and O–H groups in total. The van der Waals surface area contributed by atoms with E-state index < -0.39 is 0 Å². The molecule has 0 aromatic carbocycles. The largest absolute Gasteiger partial charge is 0.305 e. The summed E-state index contributed by atoms with van der Waals surface area (Å²) >= 11 is 0. The SMILES string of the molecule is C1=CCC(NC2CCc3cccnc32)CC1. The Morgan fingerprint density at radius 1 is 1.25 bits per heavy atom.